The minimum absolute atomic E-state index is 0.00792. The van der Waals surface area contributed by atoms with Gasteiger partial charge >= 0.3 is 8.56 Å². The molecule has 0 amide bonds. The lowest BCUT2D eigenvalue weighted by atomic mass is 10.4. The Morgan fingerprint density at radius 2 is 1.95 bits per heavy atom. The summed E-state index contributed by atoms with van der Waals surface area (Å²) >= 11 is 0. The lowest BCUT2D eigenvalue weighted by molar-refractivity contribution is 0.161. The monoisotopic (exact) mass is 289 g/mol. The smallest absolute Gasteiger partial charge is 0.395 e. The van der Waals surface area contributed by atoms with Crippen molar-refractivity contribution >= 4 is 8.56 Å². The fourth-order valence-corrected chi connectivity index (χ4v) is 3.78. The standard InChI is InChI=1S/C12H27N3O3Si/c1-4-7-11(5-2)18-19(3,9-6-8-16)17-10-12(13,14)15/h4-5,7,16H,6,8-10,13-15H2,1-3H3. The molecule has 0 aromatic rings. The van der Waals surface area contributed by atoms with Gasteiger partial charge in [0.25, 0.3) is 0 Å². The van der Waals surface area contributed by atoms with E-state index in [1.165, 1.54) is 0 Å². The molecule has 0 radical (unpaired) electrons. The molecule has 1 unspecified atom stereocenters. The van der Waals surface area contributed by atoms with E-state index in [-0.39, 0.29) is 13.2 Å². The van der Waals surface area contributed by atoms with Gasteiger partial charge in [0.15, 0.2) is 0 Å². The summed E-state index contributed by atoms with van der Waals surface area (Å²) in [5.41, 5.74) is 16.5. The fourth-order valence-electron chi connectivity index (χ4n) is 1.43. The van der Waals surface area contributed by atoms with Crippen LogP contribution in [0, 0.1) is 0 Å². The van der Waals surface area contributed by atoms with Gasteiger partial charge in [0.2, 0.25) is 0 Å². The Morgan fingerprint density at radius 3 is 2.37 bits per heavy atom. The maximum atomic E-state index is 8.96. The van der Waals surface area contributed by atoms with Gasteiger partial charge in [0.05, 0.1) is 6.61 Å². The van der Waals surface area contributed by atoms with Crippen LogP contribution >= 0.6 is 0 Å². The number of nitrogens with two attached hydrogens (primary N) is 3. The van der Waals surface area contributed by atoms with Crippen LogP contribution in [0.25, 0.3) is 0 Å². The van der Waals surface area contributed by atoms with Crippen molar-refractivity contribution in [3.63, 3.8) is 0 Å². The maximum absolute atomic E-state index is 8.96. The molecule has 0 aromatic heterocycles. The van der Waals surface area contributed by atoms with Crippen molar-refractivity contribution in [2.45, 2.75) is 38.6 Å². The van der Waals surface area contributed by atoms with E-state index in [2.05, 4.69) is 0 Å². The van der Waals surface area contributed by atoms with E-state index < -0.39 is 14.3 Å². The molecule has 7 N–H and O–H groups in total. The molecule has 0 fully saturated rings. The highest BCUT2D eigenvalue weighted by atomic mass is 28.4. The van der Waals surface area contributed by atoms with E-state index in [4.69, 9.17) is 31.2 Å². The molecule has 19 heavy (non-hydrogen) atoms. The predicted octanol–water partition coefficient (Wildman–Crippen LogP) is 0.484. The number of rotatable bonds is 9. The molecular formula is C12H27N3O3Si. The molecule has 6 nitrogen and oxygen atoms in total. The minimum Gasteiger partial charge on any atom is -0.521 e. The van der Waals surface area contributed by atoms with Gasteiger partial charge in [-0.2, -0.15) is 0 Å². The molecule has 0 aliphatic heterocycles. The van der Waals surface area contributed by atoms with Gasteiger partial charge in [-0.3, -0.25) is 17.2 Å². The van der Waals surface area contributed by atoms with Crippen molar-refractivity contribution in [3.8, 4) is 0 Å². The Morgan fingerprint density at radius 1 is 1.32 bits per heavy atom. The normalized spacial score (nSPS) is 16.7. The Hall–Kier alpha value is -0.703. The Balaban J connectivity index is 4.75. The lowest BCUT2D eigenvalue weighted by Crippen LogP contribution is -2.63. The van der Waals surface area contributed by atoms with Crippen LogP contribution in [-0.2, 0) is 8.85 Å². The van der Waals surface area contributed by atoms with Gasteiger partial charge in [0, 0.05) is 12.7 Å². The van der Waals surface area contributed by atoms with Gasteiger partial charge in [-0.1, -0.05) is 6.08 Å². The Kier molecular flexibility index (Phi) is 8.15. The highest BCUT2D eigenvalue weighted by Crippen LogP contribution is 2.20. The molecule has 0 heterocycles. The number of aliphatic hydroxyl groups is 1. The first-order valence-corrected chi connectivity index (χ1v) is 8.88. The van der Waals surface area contributed by atoms with Gasteiger partial charge in [0.1, 0.15) is 11.5 Å². The molecule has 0 spiro atoms. The SMILES string of the molecule is CC=CC(=CC)O[Si](C)(CCCO)OCC(N)(N)N. The Bertz CT molecular complexity index is 316. The maximum Gasteiger partial charge on any atom is 0.395 e. The molecular weight excluding hydrogens is 262 g/mol. The van der Waals surface area contributed by atoms with Crippen molar-refractivity contribution in [3.05, 3.63) is 24.0 Å². The minimum atomic E-state index is -2.52. The lowest BCUT2D eigenvalue weighted by Gasteiger charge is -2.31. The molecule has 0 rings (SSSR count). The Labute approximate surface area is 116 Å². The average Bonchev–Trinajstić information content (AvgIpc) is 2.33. The van der Waals surface area contributed by atoms with Gasteiger partial charge in [-0.25, -0.2) is 0 Å². The van der Waals surface area contributed by atoms with E-state index >= 15 is 0 Å². The van der Waals surface area contributed by atoms with Crippen LogP contribution in [0.1, 0.15) is 20.3 Å². The summed E-state index contributed by atoms with van der Waals surface area (Å²) in [6.07, 6.45) is 6.19. The van der Waals surface area contributed by atoms with E-state index in [0.29, 0.717) is 12.5 Å². The molecule has 112 valence electrons. The van der Waals surface area contributed by atoms with Crippen LogP contribution in [0.3, 0.4) is 0 Å². The second-order valence-corrected chi connectivity index (χ2v) is 7.92. The fraction of sp³-hybridized carbons (Fsp3) is 0.667. The summed E-state index contributed by atoms with van der Waals surface area (Å²) in [5, 5.41) is 8.96. The van der Waals surface area contributed by atoms with E-state index in [0.717, 1.165) is 5.76 Å². The summed E-state index contributed by atoms with van der Waals surface area (Å²) in [7, 11) is -2.52. The van der Waals surface area contributed by atoms with Crippen LogP contribution < -0.4 is 17.2 Å². The van der Waals surface area contributed by atoms with Crippen molar-refractivity contribution in [1.82, 2.24) is 0 Å². The summed E-state index contributed by atoms with van der Waals surface area (Å²) in [4.78, 5) is 0. The highest BCUT2D eigenvalue weighted by molar-refractivity contribution is 6.66. The van der Waals surface area contributed by atoms with Crippen LogP contribution in [0.15, 0.2) is 24.0 Å². The second kappa shape index (κ2) is 8.46. The van der Waals surface area contributed by atoms with Crippen molar-refractivity contribution < 1.29 is 14.0 Å². The first-order valence-electron chi connectivity index (χ1n) is 6.36. The highest BCUT2D eigenvalue weighted by Gasteiger charge is 2.35. The average molecular weight is 289 g/mol. The summed E-state index contributed by atoms with van der Waals surface area (Å²) in [5.74, 6) is -0.653. The van der Waals surface area contributed by atoms with E-state index in [1.54, 1.807) is 0 Å². The summed E-state index contributed by atoms with van der Waals surface area (Å²) in [6.45, 7) is 5.79. The van der Waals surface area contributed by atoms with Gasteiger partial charge < -0.3 is 14.0 Å². The van der Waals surface area contributed by atoms with E-state index in [1.807, 2.05) is 38.6 Å². The van der Waals surface area contributed by atoms with Crippen molar-refractivity contribution in [1.29, 1.82) is 0 Å². The first kappa shape index (κ1) is 18.3. The molecule has 0 aliphatic rings. The molecule has 0 bridgehead atoms. The van der Waals surface area contributed by atoms with Crippen LogP contribution in [0.2, 0.25) is 12.6 Å². The zero-order valence-electron chi connectivity index (χ0n) is 12.1. The van der Waals surface area contributed by atoms with Crippen LogP contribution in [-0.4, -0.2) is 32.7 Å². The molecule has 0 aromatic carbocycles. The number of aliphatic hydroxyl groups excluding tert-OH is 1. The molecule has 0 saturated carbocycles. The number of hydrogen-bond acceptors (Lipinski definition) is 6. The predicted molar refractivity (Wildman–Crippen MR) is 79.0 cm³/mol. The third-order valence-corrected chi connectivity index (χ3v) is 5.05. The molecule has 1 atom stereocenters. The second-order valence-electron chi connectivity index (χ2n) is 4.66. The molecule has 0 aliphatic carbocycles. The summed E-state index contributed by atoms with van der Waals surface area (Å²) in [6, 6.07) is 0.633. The summed E-state index contributed by atoms with van der Waals surface area (Å²) < 4.78 is 11.7. The number of allylic oxidation sites excluding steroid dienone is 3. The topological polar surface area (TPSA) is 117 Å². The third-order valence-electron chi connectivity index (χ3n) is 2.37. The quantitative estimate of drug-likeness (QED) is 0.212. The van der Waals surface area contributed by atoms with Crippen molar-refractivity contribution in [2.75, 3.05) is 13.2 Å². The van der Waals surface area contributed by atoms with E-state index in [9.17, 15) is 0 Å². The first-order chi connectivity index (χ1) is 8.76. The van der Waals surface area contributed by atoms with Gasteiger partial charge in [-0.15, -0.1) is 0 Å². The molecule has 7 heteroatoms. The van der Waals surface area contributed by atoms with Crippen LogP contribution in [0.5, 0.6) is 0 Å². The van der Waals surface area contributed by atoms with Crippen LogP contribution in [0.4, 0.5) is 0 Å². The third kappa shape index (κ3) is 8.92. The molecule has 0 saturated heterocycles. The zero-order chi connectivity index (χ0) is 14.9. The zero-order valence-corrected chi connectivity index (χ0v) is 13.1. The van der Waals surface area contributed by atoms with Gasteiger partial charge in [-0.05, 0) is 39.0 Å². The van der Waals surface area contributed by atoms with Crippen molar-refractivity contribution in [2.24, 2.45) is 17.2 Å². The largest absolute Gasteiger partial charge is 0.521 e. The number of hydrogen-bond donors (Lipinski definition) is 4.